The highest BCUT2D eigenvalue weighted by atomic mass is 35.5. The lowest BCUT2D eigenvalue weighted by Gasteiger charge is -2.30. The SMILES string of the molecule is CC(C)(C)C1CCCN(C(=O)C2CSCN2)CC1.Cl. The molecule has 2 fully saturated rings. The normalized spacial score (nSPS) is 28.7. The summed E-state index contributed by atoms with van der Waals surface area (Å²) in [5.74, 6) is 2.95. The van der Waals surface area contributed by atoms with Crippen LogP contribution in [0.1, 0.15) is 40.0 Å². The minimum atomic E-state index is 0. The van der Waals surface area contributed by atoms with Crippen LogP contribution in [0.5, 0.6) is 0 Å². The minimum Gasteiger partial charge on any atom is -0.341 e. The summed E-state index contributed by atoms with van der Waals surface area (Å²) in [5.41, 5.74) is 0.376. The summed E-state index contributed by atoms with van der Waals surface area (Å²) < 4.78 is 0. The summed E-state index contributed by atoms with van der Waals surface area (Å²) in [5, 5.41) is 3.29. The molecule has 19 heavy (non-hydrogen) atoms. The Morgan fingerprint density at radius 1 is 1.26 bits per heavy atom. The highest BCUT2D eigenvalue weighted by Gasteiger charge is 2.31. The van der Waals surface area contributed by atoms with Crippen LogP contribution in [0, 0.1) is 11.3 Å². The Labute approximate surface area is 127 Å². The number of amides is 1. The van der Waals surface area contributed by atoms with Crippen molar-refractivity contribution < 1.29 is 4.79 Å². The van der Waals surface area contributed by atoms with Crippen LogP contribution in [0.4, 0.5) is 0 Å². The number of likely N-dealkylation sites (tertiary alicyclic amines) is 1. The van der Waals surface area contributed by atoms with Gasteiger partial charge in [0.25, 0.3) is 0 Å². The van der Waals surface area contributed by atoms with Gasteiger partial charge in [0, 0.05) is 24.7 Å². The van der Waals surface area contributed by atoms with E-state index in [0.29, 0.717) is 11.3 Å². The second-order valence-electron chi connectivity index (χ2n) is 6.59. The van der Waals surface area contributed by atoms with Gasteiger partial charge in [0.1, 0.15) is 0 Å². The highest BCUT2D eigenvalue weighted by molar-refractivity contribution is 7.99. The summed E-state index contributed by atoms with van der Waals surface area (Å²) >= 11 is 1.83. The van der Waals surface area contributed by atoms with Gasteiger partial charge in [-0.05, 0) is 30.6 Å². The summed E-state index contributed by atoms with van der Waals surface area (Å²) in [4.78, 5) is 14.5. The zero-order valence-electron chi connectivity index (χ0n) is 12.3. The van der Waals surface area contributed by atoms with Gasteiger partial charge in [0.15, 0.2) is 0 Å². The van der Waals surface area contributed by atoms with E-state index in [1.54, 1.807) is 0 Å². The van der Waals surface area contributed by atoms with Crippen molar-refractivity contribution in [1.82, 2.24) is 10.2 Å². The van der Waals surface area contributed by atoms with Gasteiger partial charge in [-0.25, -0.2) is 0 Å². The molecule has 2 aliphatic rings. The zero-order valence-corrected chi connectivity index (χ0v) is 13.9. The molecule has 2 rings (SSSR count). The third-order valence-electron chi connectivity index (χ3n) is 4.28. The molecule has 0 saturated carbocycles. The first-order chi connectivity index (χ1) is 8.48. The van der Waals surface area contributed by atoms with E-state index in [9.17, 15) is 4.79 Å². The lowest BCUT2D eigenvalue weighted by molar-refractivity contribution is -0.132. The topological polar surface area (TPSA) is 32.3 Å². The van der Waals surface area contributed by atoms with Gasteiger partial charge >= 0.3 is 0 Å². The van der Waals surface area contributed by atoms with E-state index in [0.717, 1.165) is 43.5 Å². The molecule has 0 aromatic heterocycles. The van der Waals surface area contributed by atoms with Crippen molar-refractivity contribution >= 4 is 30.1 Å². The molecule has 1 amide bonds. The van der Waals surface area contributed by atoms with Crippen molar-refractivity contribution in [3.8, 4) is 0 Å². The number of carbonyl (C=O) groups excluding carboxylic acids is 1. The molecule has 112 valence electrons. The van der Waals surface area contributed by atoms with Gasteiger partial charge in [0.2, 0.25) is 5.91 Å². The molecule has 0 bridgehead atoms. The third kappa shape index (κ3) is 4.54. The van der Waals surface area contributed by atoms with Gasteiger partial charge in [-0.1, -0.05) is 20.8 Å². The molecule has 3 nitrogen and oxygen atoms in total. The Morgan fingerprint density at radius 3 is 2.58 bits per heavy atom. The first-order valence-corrected chi connectivity index (χ1v) is 8.24. The summed E-state index contributed by atoms with van der Waals surface area (Å²) in [6.45, 7) is 8.87. The molecule has 2 atom stereocenters. The van der Waals surface area contributed by atoms with E-state index in [2.05, 4.69) is 31.0 Å². The van der Waals surface area contributed by atoms with Gasteiger partial charge in [-0.15, -0.1) is 24.2 Å². The summed E-state index contributed by atoms with van der Waals surface area (Å²) in [7, 11) is 0. The molecular weight excluding hydrogens is 280 g/mol. The molecular formula is C14H27ClN2OS. The Hall–Kier alpha value is 0.0700. The maximum absolute atomic E-state index is 12.4. The van der Waals surface area contributed by atoms with Crippen LogP contribution >= 0.6 is 24.2 Å². The maximum Gasteiger partial charge on any atom is 0.240 e. The molecule has 0 radical (unpaired) electrons. The number of halogens is 1. The Morgan fingerprint density at radius 2 is 2.00 bits per heavy atom. The van der Waals surface area contributed by atoms with Crippen LogP contribution in [-0.2, 0) is 4.79 Å². The fourth-order valence-electron chi connectivity index (χ4n) is 2.96. The predicted octanol–water partition coefficient (Wildman–Crippen LogP) is 2.75. The van der Waals surface area contributed by atoms with Crippen molar-refractivity contribution in [3.63, 3.8) is 0 Å². The molecule has 0 aromatic carbocycles. The first kappa shape index (κ1) is 17.1. The summed E-state index contributed by atoms with van der Waals surface area (Å²) in [6.07, 6.45) is 3.59. The second kappa shape index (κ2) is 7.19. The molecule has 0 aromatic rings. The van der Waals surface area contributed by atoms with E-state index in [-0.39, 0.29) is 18.4 Å². The van der Waals surface area contributed by atoms with Gasteiger partial charge in [-0.3, -0.25) is 10.1 Å². The number of carbonyl (C=O) groups is 1. The van der Waals surface area contributed by atoms with Crippen LogP contribution in [0.25, 0.3) is 0 Å². The highest BCUT2D eigenvalue weighted by Crippen LogP contribution is 2.34. The lowest BCUT2D eigenvalue weighted by Crippen LogP contribution is -2.45. The van der Waals surface area contributed by atoms with Gasteiger partial charge in [-0.2, -0.15) is 0 Å². The number of hydrogen-bond donors (Lipinski definition) is 1. The predicted molar refractivity (Wildman–Crippen MR) is 84.9 cm³/mol. The molecule has 2 aliphatic heterocycles. The van der Waals surface area contributed by atoms with Crippen LogP contribution < -0.4 is 5.32 Å². The number of nitrogens with zero attached hydrogens (tertiary/aromatic N) is 1. The van der Waals surface area contributed by atoms with Crippen molar-refractivity contribution in [1.29, 1.82) is 0 Å². The minimum absolute atomic E-state index is 0. The van der Waals surface area contributed by atoms with Crippen LogP contribution in [0.15, 0.2) is 0 Å². The fourth-order valence-corrected chi connectivity index (χ4v) is 3.89. The van der Waals surface area contributed by atoms with Gasteiger partial charge in [0.05, 0.1) is 6.04 Å². The number of rotatable bonds is 1. The first-order valence-electron chi connectivity index (χ1n) is 7.08. The molecule has 1 N–H and O–H groups in total. The molecule has 5 heteroatoms. The summed E-state index contributed by atoms with van der Waals surface area (Å²) in [6, 6.07) is 0.0705. The van der Waals surface area contributed by atoms with E-state index in [4.69, 9.17) is 0 Å². The number of hydrogen-bond acceptors (Lipinski definition) is 3. The number of nitrogens with one attached hydrogen (secondary N) is 1. The Kier molecular flexibility index (Phi) is 6.48. The molecule has 0 aliphatic carbocycles. The quantitative estimate of drug-likeness (QED) is 0.808. The molecule has 2 unspecified atom stereocenters. The Balaban J connectivity index is 0.00000180. The van der Waals surface area contributed by atoms with Gasteiger partial charge < -0.3 is 4.90 Å². The largest absolute Gasteiger partial charge is 0.341 e. The van der Waals surface area contributed by atoms with Crippen molar-refractivity contribution in [2.45, 2.75) is 46.1 Å². The second-order valence-corrected chi connectivity index (χ2v) is 7.62. The Bertz CT molecular complexity index is 300. The third-order valence-corrected chi connectivity index (χ3v) is 5.22. The number of thioether (sulfide) groups is 1. The monoisotopic (exact) mass is 306 g/mol. The van der Waals surface area contributed by atoms with Crippen LogP contribution in [-0.4, -0.2) is 41.6 Å². The molecule has 2 heterocycles. The van der Waals surface area contributed by atoms with Crippen LogP contribution in [0.2, 0.25) is 0 Å². The van der Waals surface area contributed by atoms with E-state index in [1.807, 2.05) is 11.8 Å². The lowest BCUT2D eigenvalue weighted by atomic mass is 9.77. The standard InChI is InChI=1S/C14H26N2OS.ClH/c1-14(2,3)11-5-4-7-16(8-6-11)13(17)12-9-18-10-15-12;/h11-12,15H,4-10H2,1-3H3;1H. The fraction of sp³-hybridized carbons (Fsp3) is 0.929. The van der Waals surface area contributed by atoms with Crippen molar-refractivity contribution in [3.05, 3.63) is 0 Å². The van der Waals surface area contributed by atoms with E-state index < -0.39 is 0 Å². The average molecular weight is 307 g/mol. The average Bonchev–Trinajstić information content (AvgIpc) is 2.70. The maximum atomic E-state index is 12.4. The smallest absolute Gasteiger partial charge is 0.240 e. The van der Waals surface area contributed by atoms with E-state index >= 15 is 0 Å². The van der Waals surface area contributed by atoms with Crippen LogP contribution in [0.3, 0.4) is 0 Å². The molecule has 0 spiro atoms. The molecule has 2 saturated heterocycles. The van der Waals surface area contributed by atoms with Crippen molar-refractivity contribution in [2.75, 3.05) is 24.7 Å². The van der Waals surface area contributed by atoms with E-state index in [1.165, 1.54) is 6.42 Å². The van der Waals surface area contributed by atoms with Crippen molar-refractivity contribution in [2.24, 2.45) is 11.3 Å². The zero-order chi connectivity index (χ0) is 13.2.